The molecule has 1 saturated carbocycles. The van der Waals surface area contributed by atoms with E-state index in [1.54, 1.807) is 11.9 Å². The smallest absolute Gasteiger partial charge is 0.322 e. The number of nitrogens with zero attached hydrogens (tertiary/aromatic N) is 2. The van der Waals surface area contributed by atoms with Gasteiger partial charge in [0.05, 0.1) is 0 Å². The van der Waals surface area contributed by atoms with Crippen molar-refractivity contribution in [1.82, 2.24) is 20.7 Å². The molecular formula is C27H36N4O6S. The number of carboxylic acid groups (broad SMARTS) is 1. The van der Waals surface area contributed by atoms with Crippen LogP contribution >= 0.6 is 11.3 Å². The number of nitrogens with one attached hydrogen (secondary N) is 2. The minimum atomic E-state index is -1.11. The Balaban J connectivity index is 1.67. The van der Waals surface area contributed by atoms with Gasteiger partial charge in [-0.1, -0.05) is 44.2 Å². The maximum Gasteiger partial charge on any atom is 0.322 e. The first-order chi connectivity index (χ1) is 18.0. The zero-order chi connectivity index (χ0) is 27.8. The largest absolute Gasteiger partial charge is 0.480 e. The molecule has 0 radical (unpaired) electrons. The van der Waals surface area contributed by atoms with Gasteiger partial charge in [0, 0.05) is 44.7 Å². The highest BCUT2D eigenvalue weighted by molar-refractivity contribution is 7.09. The molecule has 1 aliphatic carbocycles. The lowest BCUT2D eigenvalue weighted by Gasteiger charge is -2.33. The molecule has 3 rings (SSSR count). The van der Waals surface area contributed by atoms with Crippen LogP contribution in [-0.4, -0.2) is 57.9 Å². The van der Waals surface area contributed by atoms with Gasteiger partial charge in [0.25, 0.3) is 5.91 Å². The van der Waals surface area contributed by atoms with Crippen LogP contribution in [0.4, 0.5) is 0 Å². The van der Waals surface area contributed by atoms with Crippen molar-refractivity contribution in [2.24, 2.45) is 11.8 Å². The zero-order valence-electron chi connectivity index (χ0n) is 22.2. The molecule has 1 heterocycles. The number of rotatable bonds is 14. The number of carboxylic acids is 1. The van der Waals surface area contributed by atoms with Crippen LogP contribution in [0.2, 0.25) is 0 Å². The lowest BCUT2D eigenvalue weighted by Crippen LogP contribution is -2.49. The van der Waals surface area contributed by atoms with E-state index >= 15 is 0 Å². The lowest BCUT2D eigenvalue weighted by atomic mass is 9.96. The Morgan fingerprint density at radius 2 is 1.87 bits per heavy atom. The van der Waals surface area contributed by atoms with E-state index in [1.165, 1.54) is 23.6 Å². The Morgan fingerprint density at radius 3 is 2.45 bits per heavy atom. The quantitative estimate of drug-likeness (QED) is 0.243. The molecule has 1 fully saturated rings. The molecule has 3 N–H and O–H groups in total. The van der Waals surface area contributed by atoms with Crippen LogP contribution in [0.1, 0.15) is 73.6 Å². The number of esters is 1. The highest BCUT2D eigenvalue weighted by Gasteiger charge is 2.33. The number of ether oxygens (including phenoxy) is 1. The van der Waals surface area contributed by atoms with Crippen molar-refractivity contribution in [3.05, 3.63) is 52.0 Å². The first-order valence-corrected chi connectivity index (χ1v) is 13.6. The predicted molar refractivity (Wildman–Crippen MR) is 142 cm³/mol. The molecule has 206 valence electrons. The molecule has 0 aliphatic heterocycles. The maximum atomic E-state index is 12.8. The number of amides is 2. The second-order valence-electron chi connectivity index (χ2n) is 10.0. The molecule has 2 amide bonds. The summed E-state index contributed by atoms with van der Waals surface area (Å²) in [6.07, 6.45) is 2.47. The number of aliphatic carboxylic acids is 1. The molecule has 1 aromatic carbocycles. The minimum Gasteiger partial charge on any atom is -0.480 e. The van der Waals surface area contributed by atoms with Crippen molar-refractivity contribution >= 4 is 35.1 Å². The van der Waals surface area contributed by atoms with E-state index in [1.807, 2.05) is 44.2 Å². The summed E-state index contributed by atoms with van der Waals surface area (Å²) in [6.45, 7) is 5.33. The van der Waals surface area contributed by atoms with E-state index in [0.717, 1.165) is 18.4 Å². The minimum absolute atomic E-state index is 0.0674. The number of hydrazine groups is 1. The summed E-state index contributed by atoms with van der Waals surface area (Å²) < 4.78 is 5.58. The summed E-state index contributed by atoms with van der Waals surface area (Å²) in [4.78, 5) is 55.2. The fourth-order valence-electron chi connectivity index (χ4n) is 4.20. The number of benzene rings is 1. The first kappa shape index (κ1) is 29.2. The first-order valence-electron chi connectivity index (χ1n) is 12.8. The Kier molecular flexibility index (Phi) is 10.4. The number of carbonyl (C=O) groups excluding carboxylic acids is 3. The third-order valence-corrected chi connectivity index (χ3v) is 7.49. The van der Waals surface area contributed by atoms with E-state index in [0.29, 0.717) is 23.8 Å². The number of carbonyl (C=O) groups is 4. The third kappa shape index (κ3) is 8.63. The van der Waals surface area contributed by atoms with Crippen molar-refractivity contribution < 1.29 is 29.0 Å². The second kappa shape index (κ2) is 13.5. The Labute approximate surface area is 226 Å². The van der Waals surface area contributed by atoms with Crippen LogP contribution in [-0.2, 0) is 25.5 Å². The molecular weight excluding hydrogens is 508 g/mol. The number of hydrogen-bond donors (Lipinski definition) is 3. The van der Waals surface area contributed by atoms with Crippen molar-refractivity contribution in [3.8, 4) is 0 Å². The summed E-state index contributed by atoms with van der Waals surface area (Å²) >= 11 is 1.17. The molecule has 1 aromatic heterocycles. The third-order valence-electron chi connectivity index (χ3n) is 6.56. The molecule has 1 aliphatic rings. The van der Waals surface area contributed by atoms with Crippen LogP contribution in [0.3, 0.4) is 0 Å². The fourth-order valence-corrected chi connectivity index (χ4v) is 5.04. The van der Waals surface area contributed by atoms with Gasteiger partial charge < -0.3 is 14.7 Å². The Bertz CT molecular complexity index is 1120. The monoisotopic (exact) mass is 544 g/mol. The van der Waals surface area contributed by atoms with E-state index in [2.05, 4.69) is 15.8 Å². The number of aromatic nitrogens is 1. The summed E-state index contributed by atoms with van der Waals surface area (Å²) in [6, 6.07) is 7.85. The van der Waals surface area contributed by atoms with Gasteiger partial charge in [-0.05, 0) is 30.2 Å². The van der Waals surface area contributed by atoms with Gasteiger partial charge >= 0.3 is 11.9 Å². The molecule has 2 aromatic rings. The summed E-state index contributed by atoms with van der Waals surface area (Å²) in [5, 5.41) is 11.5. The maximum absolute atomic E-state index is 12.8. The molecule has 10 nitrogen and oxygen atoms in total. The highest BCUT2D eigenvalue weighted by Crippen LogP contribution is 2.34. The van der Waals surface area contributed by atoms with Crippen LogP contribution in [0.5, 0.6) is 0 Å². The van der Waals surface area contributed by atoms with Gasteiger partial charge in [-0.25, -0.2) is 10.4 Å². The van der Waals surface area contributed by atoms with Crippen LogP contribution in [0, 0.1) is 11.8 Å². The predicted octanol–water partition coefficient (Wildman–Crippen LogP) is 3.35. The SMILES string of the molecule is CC(=O)OC(CC(C(C)C)N(C)C(=O)CC1CC1)c1nc(C(=O)NNC(Cc2ccccc2)C(=O)O)cs1. The van der Waals surface area contributed by atoms with Crippen LogP contribution in [0.25, 0.3) is 0 Å². The topological polar surface area (TPSA) is 138 Å². The van der Waals surface area contributed by atoms with Gasteiger partial charge in [-0.15, -0.1) is 11.3 Å². The molecule has 0 spiro atoms. The van der Waals surface area contributed by atoms with Gasteiger partial charge in [0.1, 0.15) is 16.7 Å². The van der Waals surface area contributed by atoms with Gasteiger partial charge in [0.15, 0.2) is 6.10 Å². The summed E-state index contributed by atoms with van der Waals surface area (Å²) in [5.41, 5.74) is 5.87. The van der Waals surface area contributed by atoms with Gasteiger partial charge in [-0.3, -0.25) is 24.6 Å². The molecule has 0 bridgehead atoms. The van der Waals surface area contributed by atoms with Crippen molar-refractivity contribution in [2.75, 3.05) is 7.05 Å². The molecule has 11 heteroatoms. The average Bonchev–Trinajstić information content (AvgIpc) is 3.54. The van der Waals surface area contributed by atoms with Crippen molar-refractivity contribution in [2.45, 2.75) is 71.1 Å². The Morgan fingerprint density at radius 1 is 1.18 bits per heavy atom. The molecule has 38 heavy (non-hydrogen) atoms. The van der Waals surface area contributed by atoms with Crippen LogP contribution in [0.15, 0.2) is 35.7 Å². The van der Waals surface area contributed by atoms with Crippen molar-refractivity contribution in [1.29, 1.82) is 0 Å². The summed E-state index contributed by atoms with van der Waals surface area (Å²) in [5.74, 6) is -1.57. The average molecular weight is 545 g/mol. The van der Waals surface area contributed by atoms with Crippen LogP contribution < -0.4 is 10.9 Å². The Hall–Kier alpha value is -3.31. The fraction of sp³-hybridized carbons (Fsp3) is 0.519. The van der Waals surface area contributed by atoms with E-state index in [9.17, 15) is 24.3 Å². The zero-order valence-corrected chi connectivity index (χ0v) is 23.0. The lowest BCUT2D eigenvalue weighted by molar-refractivity contribution is -0.148. The molecule has 0 saturated heterocycles. The second-order valence-corrected chi connectivity index (χ2v) is 10.9. The highest BCUT2D eigenvalue weighted by atomic mass is 32.1. The standard InChI is InChI=1S/C27H36N4O6S/c1-16(2)22(31(4)24(33)13-19-10-11-19)14-23(37-17(3)32)26-28-21(15-38-26)25(34)30-29-20(27(35)36)12-18-8-6-5-7-9-18/h5-9,15-16,19-20,22-23,29H,10-14H2,1-4H3,(H,30,34)(H,35,36). The molecule has 3 unspecified atom stereocenters. The number of thiazole rings is 1. The van der Waals surface area contributed by atoms with Crippen molar-refractivity contribution in [3.63, 3.8) is 0 Å². The number of hydrogen-bond acceptors (Lipinski definition) is 8. The van der Waals surface area contributed by atoms with Gasteiger partial charge in [-0.2, -0.15) is 0 Å². The van der Waals surface area contributed by atoms with E-state index in [4.69, 9.17) is 4.74 Å². The normalized spacial score (nSPS) is 15.4. The molecule has 3 atom stereocenters. The van der Waals surface area contributed by atoms with E-state index in [-0.39, 0.29) is 30.0 Å². The summed E-state index contributed by atoms with van der Waals surface area (Å²) in [7, 11) is 1.78. The van der Waals surface area contributed by atoms with E-state index < -0.39 is 30.0 Å². The van der Waals surface area contributed by atoms with Gasteiger partial charge in [0.2, 0.25) is 5.91 Å².